The van der Waals surface area contributed by atoms with Crippen LogP contribution in [0, 0.1) is 34.5 Å². The first-order chi connectivity index (χ1) is 11.8. The Hall–Kier alpha value is -0.810. The maximum atomic E-state index is 10.1. The summed E-state index contributed by atoms with van der Waals surface area (Å²) in [5.74, 6) is 3.10. The second kappa shape index (κ2) is 6.12. The molecule has 0 heterocycles. The van der Waals surface area contributed by atoms with Gasteiger partial charge in [-0.1, -0.05) is 19.9 Å². The topological polar surface area (TPSA) is 70.3 Å². The summed E-state index contributed by atoms with van der Waals surface area (Å²) in [4.78, 5) is 0. The van der Waals surface area contributed by atoms with E-state index in [0.717, 1.165) is 36.5 Å². The van der Waals surface area contributed by atoms with E-state index in [1.165, 1.54) is 44.2 Å². The Morgan fingerprint density at radius 1 is 1.20 bits per heavy atom. The van der Waals surface area contributed by atoms with Gasteiger partial charge >= 0.3 is 0 Å². The van der Waals surface area contributed by atoms with Gasteiger partial charge in [0.15, 0.2) is 5.11 Å². The first-order valence-corrected chi connectivity index (χ1v) is 10.5. The van der Waals surface area contributed by atoms with E-state index in [-0.39, 0.29) is 11.5 Å². The highest BCUT2D eigenvalue weighted by Crippen LogP contribution is 2.65. The van der Waals surface area contributed by atoms with Crippen LogP contribution in [0.2, 0.25) is 0 Å². The summed E-state index contributed by atoms with van der Waals surface area (Å²) in [6.45, 7) is 4.97. The Morgan fingerprint density at radius 2 is 2.00 bits per heavy atom. The van der Waals surface area contributed by atoms with Crippen molar-refractivity contribution in [3.05, 3.63) is 11.8 Å². The number of aliphatic hydroxyl groups is 1. The third-order valence-corrected chi connectivity index (χ3v) is 8.64. The molecular weight excluding hydrogens is 330 g/mol. The van der Waals surface area contributed by atoms with Crippen LogP contribution >= 0.6 is 12.2 Å². The van der Waals surface area contributed by atoms with Gasteiger partial charge in [-0.3, -0.25) is 5.43 Å². The number of nitrogens with two attached hydrogens (primary N) is 1. The van der Waals surface area contributed by atoms with Crippen molar-refractivity contribution in [2.75, 3.05) is 0 Å². The molecule has 0 amide bonds. The van der Waals surface area contributed by atoms with Gasteiger partial charge in [0.25, 0.3) is 0 Å². The van der Waals surface area contributed by atoms with Crippen LogP contribution in [0.15, 0.2) is 11.8 Å². The zero-order valence-corrected chi connectivity index (χ0v) is 16.4. The van der Waals surface area contributed by atoms with Crippen molar-refractivity contribution in [3.8, 4) is 0 Å². The zero-order chi connectivity index (χ0) is 17.8. The van der Waals surface area contributed by atoms with Gasteiger partial charge < -0.3 is 16.3 Å². The van der Waals surface area contributed by atoms with Crippen LogP contribution in [0.3, 0.4) is 0 Å². The Labute approximate surface area is 157 Å². The Morgan fingerprint density at radius 3 is 2.76 bits per heavy atom. The van der Waals surface area contributed by atoms with Crippen LogP contribution in [-0.4, -0.2) is 16.3 Å². The van der Waals surface area contributed by atoms with E-state index in [0.29, 0.717) is 10.5 Å². The van der Waals surface area contributed by atoms with E-state index in [4.69, 9.17) is 18.0 Å². The van der Waals surface area contributed by atoms with Crippen LogP contribution < -0.4 is 16.6 Å². The van der Waals surface area contributed by atoms with Gasteiger partial charge in [0.05, 0.1) is 6.10 Å². The highest BCUT2D eigenvalue weighted by molar-refractivity contribution is 7.80. The van der Waals surface area contributed by atoms with E-state index < -0.39 is 0 Å². The van der Waals surface area contributed by atoms with E-state index in [1.807, 2.05) is 0 Å². The quantitative estimate of drug-likeness (QED) is 0.448. The highest BCUT2D eigenvalue weighted by Gasteiger charge is 2.58. The summed E-state index contributed by atoms with van der Waals surface area (Å²) in [7, 11) is 0. The molecule has 0 aromatic heterocycles. The Balaban J connectivity index is 1.54. The smallest absolute Gasteiger partial charge is 0.182 e. The Bertz CT molecular complexity index is 593. The first kappa shape index (κ1) is 17.6. The van der Waals surface area contributed by atoms with Gasteiger partial charge in [-0.05, 0) is 92.7 Å². The van der Waals surface area contributed by atoms with Crippen molar-refractivity contribution in [1.82, 2.24) is 10.9 Å². The maximum absolute atomic E-state index is 10.1. The number of rotatable bonds is 2. The highest BCUT2D eigenvalue weighted by atomic mass is 32.1. The summed E-state index contributed by atoms with van der Waals surface area (Å²) in [5.41, 5.74) is 13.8. The number of thiocarbonyl (C=S) groups is 1. The lowest BCUT2D eigenvalue weighted by atomic mass is 9.45. The van der Waals surface area contributed by atoms with E-state index in [2.05, 4.69) is 30.8 Å². The largest absolute Gasteiger partial charge is 0.393 e. The summed E-state index contributed by atoms with van der Waals surface area (Å²) in [6.07, 6.45) is 11.9. The van der Waals surface area contributed by atoms with E-state index >= 15 is 0 Å². The number of hydrogen-bond acceptors (Lipinski definition) is 3. The third kappa shape index (κ3) is 2.69. The van der Waals surface area contributed by atoms with Crippen molar-refractivity contribution in [1.29, 1.82) is 0 Å². The molecule has 25 heavy (non-hydrogen) atoms. The van der Waals surface area contributed by atoms with Gasteiger partial charge in [-0.15, -0.1) is 0 Å². The molecule has 4 aliphatic carbocycles. The van der Waals surface area contributed by atoms with Crippen LogP contribution in [-0.2, 0) is 0 Å². The van der Waals surface area contributed by atoms with Crippen molar-refractivity contribution >= 4 is 17.3 Å². The molecule has 3 fully saturated rings. The molecule has 0 aromatic carbocycles. The lowest BCUT2D eigenvalue weighted by Gasteiger charge is -2.60. The standard InChI is InChI=1S/C20H33N3OS/c1-19-9-7-13(24)11-12(19)3-4-14-15-5-6-17(22-23-18(21)25)20(15,2)10-8-16(14)19/h6,12-16,22,24H,3-5,7-11H2,1-2H3,(H3,21,23,25)/t12-,13-,14-,15-,16+,19-,20+/m1/s1. The summed E-state index contributed by atoms with van der Waals surface area (Å²) in [5, 5.41) is 10.4. The second-order valence-corrected chi connectivity index (χ2v) is 9.95. The number of nitrogens with one attached hydrogen (secondary N) is 2. The van der Waals surface area contributed by atoms with Crippen LogP contribution in [0.4, 0.5) is 0 Å². The number of allylic oxidation sites excluding steroid dienone is 2. The molecule has 0 spiro atoms. The fourth-order valence-electron chi connectivity index (χ4n) is 7.13. The summed E-state index contributed by atoms with van der Waals surface area (Å²) >= 11 is 4.95. The lowest BCUT2D eigenvalue weighted by Crippen LogP contribution is -2.54. The third-order valence-electron chi connectivity index (χ3n) is 8.54. The summed E-state index contributed by atoms with van der Waals surface area (Å²) < 4.78 is 0. The minimum atomic E-state index is -0.0568. The van der Waals surface area contributed by atoms with Crippen LogP contribution in [0.1, 0.15) is 65.2 Å². The monoisotopic (exact) mass is 363 g/mol. The number of fused-ring (bicyclic) bond motifs is 5. The second-order valence-electron chi connectivity index (χ2n) is 9.51. The van der Waals surface area contributed by atoms with Gasteiger partial charge in [-0.2, -0.15) is 0 Å². The molecule has 5 N–H and O–H groups in total. The molecule has 7 atom stereocenters. The SMILES string of the molecule is C[C@@]12CC[C@@H](O)C[C@H]1CC[C@@H]1[C@H]3CC=C(NNC(N)=S)[C@@]3(C)CC[C@@H]12. The molecule has 0 aliphatic heterocycles. The Kier molecular flexibility index (Phi) is 4.31. The molecular formula is C20H33N3OS. The number of hydrogen-bond donors (Lipinski definition) is 4. The van der Waals surface area contributed by atoms with Gasteiger partial charge in [0.1, 0.15) is 0 Å². The van der Waals surface area contributed by atoms with Crippen molar-refractivity contribution < 1.29 is 5.11 Å². The van der Waals surface area contributed by atoms with Crippen LogP contribution in [0.5, 0.6) is 0 Å². The molecule has 4 rings (SSSR count). The predicted octanol–water partition coefficient (Wildman–Crippen LogP) is 3.22. The van der Waals surface area contributed by atoms with Crippen LogP contribution in [0.25, 0.3) is 0 Å². The maximum Gasteiger partial charge on any atom is 0.182 e. The normalized spacial score (nSPS) is 48.6. The fraction of sp³-hybridized carbons (Fsp3) is 0.850. The van der Waals surface area contributed by atoms with Crippen molar-refractivity contribution in [2.24, 2.45) is 40.2 Å². The molecule has 0 unspecified atom stereocenters. The molecule has 140 valence electrons. The molecule has 0 aromatic rings. The molecule has 4 nitrogen and oxygen atoms in total. The molecule has 3 saturated carbocycles. The average molecular weight is 364 g/mol. The predicted molar refractivity (Wildman–Crippen MR) is 104 cm³/mol. The zero-order valence-electron chi connectivity index (χ0n) is 15.6. The number of aliphatic hydroxyl groups excluding tert-OH is 1. The van der Waals surface area contributed by atoms with E-state index in [9.17, 15) is 5.11 Å². The van der Waals surface area contributed by atoms with Gasteiger partial charge in [0.2, 0.25) is 0 Å². The molecule has 0 bridgehead atoms. The molecule has 4 aliphatic rings. The fourth-order valence-corrected chi connectivity index (χ4v) is 7.18. The van der Waals surface area contributed by atoms with Gasteiger partial charge in [0, 0.05) is 11.1 Å². The molecule has 0 radical (unpaired) electrons. The average Bonchev–Trinajstić information content (AvgIpc) is 2.90. The van der Waals surface area contributed by atoms with Gasteiger partial charge in [-0.25, -0.2) is 0 Å². The molecule has 5 heteroatoms. The lowest BCUT2D eigenvalue weighted by molar-refractivity contribution is -0.118. The van der Waals surface area contributed by atoms with Crippen molar-refractivity contribution in [3.63, 3.8) is 0 Å². The summed E-state index contributed by atoms with van der Waals surface area (Å²) in [6, 6.07) is 0. The number of hydrazine groups is 1. The first-order valence-electron chi connectivity index (χ1n) is 10.0. The van der Waals surface area contributed by atoms with E-state index in [1.54, 1.807) is 0 Å². The molecule has 0 saturated heterocycles. The minimum Gasteiger partial charge on any atom is -0.393 e. The van der Waals surface area contributed by atoms with Crippen molar-refractivity contribution in [2.45, 2.75) is 71.3 Å². The minimum absolute atomic E-state index is 0.0568.